The molecule has 6 bridgehead atoms. The Bertz CT molecular complexity index is 1130. The summed E-state index contributed by atoms with van der Waals surface area (Å²) in [5, 5.41) is 3.54. The van der Waals surface area contributed by atoms with Gasteiger partial charge < -0.3 is 34.1 Å². The van der Waals surface area contributed by atoms with Crippen molar-refractivity contribution in [3.63, 3.8) is 0 Å². The van der Waals surface area contributed by atoms with Gasteiger partial charge in [-0.15, -0.1) is 0 Å². The Kier molecular flexibility index (Phi) is 9.46. The van der Waals surface area contributed by atoms with Crippen LogP contribution in [0.25, 0.3) is 0 Å². The molecule has 0 saturated carbocycles. The van der Waals surface area contributed by atoms with Crippen molar-refractivity contribution < 1.29 is 18.9 Å². The fourth-order valence-electron chi connectivity index (χ4n) is 4.20. The van der Waals surface area contributed by atoms with Crippen LogP contribution in [0.15, 0.2) is 65.8 Å². The van der Waals surface area contributed by atoms with Crippen molar-refractivity contribution >= 4 is 11.4 Å². The number of methoxy groups -OCH3 is 1. The SMILES string of the molecule is CCN(CC)CCOc1ccc2cc1COC/C=C/COc1cc(ccc1OC)C1=NC(N2)N(C)C=C1. The van der Waals surface area contributed by atoms with E-state index in [4.69, 9.17) is 23.9 Å². The highest BCUT2D eigenvalue weighted by Gasteiger charge is 2.18. The molecule has 2 aromatic carbocycles. The van der Waals surface area contributed by atoms with Gasteiger partial charge >= 0.3 is 0 Å². The molecule has 198 valence electrons. The Morgan fingerprint density at radius 3 is 2.70 bits per heavy atom. The standard InChI is InChI=1S/C29H38N4O4/c1-5-33(6-2)15-18-37-26-12-10-24-19-23(26)21-35-16-7-8-17-36-28-20-22(9-11-27(28)34-4)25-13-14-32(3)29(30-24)31-25/h7-14,19-20,29-30H,5-6,15-18,21H2,1-4H3/b8-7+. The number of nitrogens with zero attached hydrogens (tertiary/aromatic N) is 3. The fraction of sp³-hybridized carbons (Fsp3) is 0.414. The summed E-state index contributed by atoms with van der Waals surface area (Å²) in [5.74, 6) is 2.20. The van der Waals surface area contributed by atoms with Gasteiger partial charge in [-0.25, -0.2) is 4.99 Å². The van der Waals surface area contributed by atoms with Crippen LogP contribution in [0.1, 0.15) is 25.0 Å². The Balaban J connectivity index is 1.60. The maximum absolute atomic E-state index is 6.18. The van der Waals surface area contributed by atoms with Crippen molar-refractivity contribution in [3.05, 3.63) is 72.0 Å². The van der Waals surface area contributed by atoms with Crippen LogP contribution in [0.3, 0.4) is 0 Å². The average molecular weight is 507 g/mol. The van der Waals surface area contributed by atoms with E-state index in [1.54, 1.807) is 7.11 Å². The van der Waals surface area contributed by atoms with Crippen LogP contribution in [-0.2, 0) is 11.3 Å². The van der Waals surface area contributed by atoms with Gasteiger partial charge in [0.25, 0.3) is 0 Å². The zero-order chi connectivity index (χ0) is 26.0. The Morgan fingerprint density at radius 2 is 1.89 bits per heavy atom. The predicted molar refractivity (Wildman–Crippen MR) is 148 cm³/mol. The van der Waals surface area contributed by atoms with Crippen LogP contribution >= 0.6 is 0 Å². The van der Waals surface area contributed by atoms with Gasteiger partial charge in [0.05, 0.1) is 26.0 Å². The highest BCUT2D eigenvalue weighted by Crippen LogP contribution is 2.30. The first kappa shape index (κ1) is 26.6. The van der Waals surface area contributed by atoms with Crippen LogP contribution in [-0.4, -0.2) is 75.4 Å². The average Bonchev–Trinajstić information content (AvgIpc) is 2.92. The number of benzene rings is 2. The number of allylic oxidation sites excluding steroid dienone is 1. The molecule has 1 N–H and O–H groups in total. The van der Waals surface area contributed by atoms with Gasteiger partial charge in [0.2, 0.25) is 0 Å². The van der Waals surface area contributed by atoms with Crippen molar-refractivity contribution in [1.29, 1.82) is 0 Å². The van der Waals surface area contributed by atoms with Crippen LogP contribution in [0.4, 0.5) is 5.69 Å². The Labute approximate surface area is 220 Å². The van der Waals surface area contributed by atoms with Crippen LogP contribution in [0.5, 0.6) is 17.2 Å². The third kappa shape index (κ3) is 7.05. The van der Waals surface area contributed by atoms with Gasteiger partial charge in [-0.1, -0.05) is 19.9 Å². The van der Waals surface area contributed by atoms with E-state index in [0.717, 1.165) is 47.9 Å². The third-order valence-electron chi connectivity index (χ3n) is 6.46. The van der Waals surface area contributed by atoms with Gasteiger partial charge in [-0.05, 0) is 61.6 Å². The van der Waals surface area contributed by atoms with E-state index in [-0.39, 0.29) is 6.29 Å². The van der Waals surface area contributed by atoms with E-state index in [0.29, 0.717) is 37.9 Å². The number of rotatable bonds is 7. The molecule has 0 spiro atoms. The van der Waals surface area contributed by atoms with Crippen molar-refractivity contribution in [3.8, 4) is 17.2 Å². The molecule has 0 aromatic heterocycles. The van der Waals surface area contributed by atoms with E-state index in [9.17, 15) is 0 Å². The molecule has 4 rings (SSSR count). The second-order valence-corrected chi connectivity index (χ2v) is 8.87. The number of hydrogen-bond acceptors (Lipinski definition) is 8. The van der Waals surface area contributed by atoms with Crippen LogP contribution in [0.2, 0.25) is 0 Å². The lowest BCUT2D eigenvalue weighted by atomic mass is 10.1. The normalized spacial score (nSPS) is 18.4. The minimum atomic E-state index is -0.271. The minimum absolute atomic E-state index is 0.271. The smallest absolute Gasteiger partial charge is 0.196 e. The van der Waals surface area contributed by atoms with Gasteiger partial charge in [-0.2, -0.15) is 0 Å². The highest BCUT2D eigenvalue weighted by molar-refractivity contribution is 6.09. The molecule has 8 heteroatoms. The molecule has 8 nitrogen and oxygen atoms in total. The number of anilines is 1. The van der Waals surface area contributed by atoms with Gasteiger partial charge in [0.15, 0.2) is 17.8 Å². The summed E-state index contributed by atoms with van der Waals surface area (Å²) >= 11 is 0. The van der Waals surface area contributed by atoms with E-state index < -0.39 is 0 Å². The van der Waals surface area contributed by atoms with Gasteiger partial charge in [0, 0.05) is 36.6 Å². The first-order valence-electron chi connectivity index (χ1n) is 12.9. The molecule has 0 fully saturated rings. The van der Waals surface area contributed by atoms with Crippen molar-refractivity contribution in [2.24, 2.45) is 4.99 Å². The maximum Gasteiger partial charge on any atom is 0.196 e. The lowest BCUT2D eigenvalue weighted by molar-refractivity contribution is 0.143. The summed E-state index contributed by atoms with van der Waals surface area (Å²) in [6.07, 6.45) is 7.67. The zero-order valence-corrected chi connectivity index (χ0v) is 22.3. The minimum Gasteiger partial charge on any atom is -0.493 e. The topological polar surface area (TPSA) is 67.8 Å². The molecule has 0 saturated heterocycles. The van der Waals surface area contributed by atoms with E-state index in [1.165, 1.54) is 0 Å². The van der Waals surface area contributed by atoms with E-state index >= 15 is 0 Å². The number of fused-ring (bicyclic) bond motifs is 6. The number of nitrogens with one attached hydrogen (secondary N) is 1. The summed E-state index contributed by atoms with van der Waals surface area (Å²) < 4.78 is 23.6. The Hall–Kier alpha value is -3.49. The number of ether oxygens (including phenoxy) is 4. The highest BCUT2D eigenvalue weighted by atomic mass is 16.5. The summed E-state index contributed by atoms with van der Waals surface area (Å²) in [4.78, 5) is 9.35. The molecule has 2 aliphatic rings. The molecular weight excluding hydrogens is 468 g/mol. The monoisotopic (exact) mass is 506 g/mol. The molecule has 0 radical (unpaired) electrons. The van der Waals surface area contributed by atoms with E-state index in [2.05, 4.69) is 30.1 Å². The molecule has 0 aliphatic carbocycles. The Morgan fingerprint density at radius 1 is 1.08 bits per heavy atom. The van der Waals surface area contributed by atoms with Gasteiger partial charge in [-0.3, -0.25) is 0 Å². The fourth-order valence-corrected chi connectivity index (χ4v) is 4.20. The third-order valence-corrected chi connectivity index (χ3v) is 6.46. The largest absolute Gasteiger partial charge is 0.493 e. The molecule has 0 amide bonds. The second-order valence-electron chi connectivity index (χ2n) is 8.87. The maximum atomic E-state index is 6.18. The van der Waals surface area contributed by atoms with Crippen molar-refractivity contribution in [2.45, 2.75) is 26.7 Å². The van der Waals surface area contributed by atoms with Crippen molar-refractivity contribution in [2.75, 3.05) is 58.9 Å². The number of likely N-dealkylation sites (N-methyl/N-ethyl adjacent to an activating group) is 1. The summed E-state index contributed by atoms with van der Waals surface area (Å²) in [6.45, 7) is 9.19. The van der Waals surface area contributed by atoms with Crippen LogP contribution < -0.4 is 19.5 Å². The lowest BCUT2D eigenvalue weighted by Gasteiger charge is -2.29. The molecule has 2 aromatic rings. The lowest BCUT2D eigenvalue weighted by Crippen LogP contribution is -2.36. The summed E-state index contributed by atoms with van der Waals surface area (Å²) in [7, 11) is 3.64. The number of aliphatic imine (C=N–C) groups is 1. The van der Waals surface area contributed by atoms with Gasteiger partial charge in [0.1, 0.15) is 19.0 Å². The molecule has 2 aliphatic heterocycles. The first-order chi connectivity index (χ1) is 18.1. The van der Waals surface area contributed by atoms with E-state index in [1.807, 2.05) is 66.7 Å². The predicted octanol–water partition coefficient (Wildman–Crippen LogP) is 4.52. The molecule has 37 heavy (non-hydrogen) atoms. The molecular formula is C29H38N4O4. The zero-order valence-electron chi connectivity index (χ0n) is 22.3. The summed E-state index contributed by atoms with van der Waals surface area (Å²) in [5.41, 5.74) is 3.76. The van der Waals surface area contributed by atoms with Crippen molar-refractivity contribution in [1.82, 2.24) is 9.80 Å². The quantitative estimate of drug-likeness (QED) is 0.554. The first-order valence-corrected chi connectivity index (χ1v) is 12.9. The van der Waals surface area contributed by atoms with Crippen LogP contribution in [0, 0.1) is 0 Å². The second kappa shape index (κ2) is 13.2. The molecule has 1 atom stereocenters. The molecule has 1 unspecified atom stereocenters. The molecule has 2 heterocycles. The number of hydrogen-bond donors (Lipinski definition) is 1. The summed E-state index contributed by atoms with van der Waals surface area (Å²) in [6, 6.07) is 12.0.